The molecule has 0 heterocycles. The molecule has 0 aliphatic carbocycles. The number of rotatable bonds is 7. The molecule has 0 spiro atoms. The van der Waals surface area contributed by atoms with E-state index in [9.17, 15) is 19.8 Å². The zero-order valence-electron chi connectivity index (χ0n) is 15.0. The maximum absolute atomic E-state index is 14.0. The second-order valence-electron chi connectivity index (χ2n) is 5.86. The monoisotopic (exact) mass is 399 g/mol. The first kappa shape index (κ1) is 19.6. The van der Waals surface area contributed by atoms with Gasteiger partial charge in [-0.3, -0.25) is 14.7 Å². The van der Waals surface area contributed by atoms with E-state index in [0.717, 1.165) is 6.07 Å². The van der Waals surface area contributed by atoms with Crippen LogP contribution in [0.4, 0.5) is 5.69 Å². The first-order chi connectivity index (χ1) is 13.5. The van der Waals surface area contributed by atoms with Crippen LogP contribution in [0.3, 0.4) is 0 Å². The summed E-state index contributed by atoms with van der Waals surface area (Å²) in [4.78, 5) is 10.7. The number of ether oxygens (including phenoxy) is 1. The maximum Gasteiger partial charge on any atom is 0.306 e. The fourth-order valence-electron chi connectivity index (χ4n) is 2.76. The van der Waals surface area contributed by atoms with E-state index in [4.69, 9.17) is 9.26 Å². The Balaban J connectivity index is 2.18. The number of benzene rings is 3. The van der Waals surface area contributed by atoms with Crippen molar-refractivity contribution in [2.24, 2.45) is 0 Å². The van der Waals surface area contributed by atoms with Gasteiger partial charge in [0.15, 0.2) is 11.5 Å². The van der Waals surface area contributed by atoms with Crippen LogP contribution in [0.2, 0.25) is 0 Å². The van der Waals surface area contributed by atoms with Gasteiger partial charge in [0.1, 0.15) is 0 Å². The molecule has 0 saturated carbocycles. The molecule has 0 unspecified atom stereocenters. The molecule has 0 amide bonds. The second-order valence-corrected chi connectivity index (χ2v) is 8.18. The van der Waals surface area contributed by atoms with Crippen molar-refractivity contribution in [3.8, 4) is 11.5 Å². The van der Waals surface area contributed by atoms with E-state index in [2.05, 4.69) is 0 Å². The summed E-state index contributed by atoms with van der Waals surface area (Å²) in [6, 6.07) is 19.7. The average Bonchev–Trinajstić information content (AvgIpc) is 2.74. The molecule has 28 heavy (non-hydrogen) atoms. The molecule has 0 aliphatic heterocycles. The van der Waals surface area contributed by atoms with Crippen molar-refractivity contribution in [3.05, 3.63) is 88.5 Å². The van der Waals surface area contributed by atoms with Crippen LogP contribution in [0.25, 0.3) is 0 Å². The second kappa shape index (κ2) is 8.25. The minimum Gasteiger partial charge on any atom is -0.493 e. The van der Waals surface area contributed by atoms with Crippen molar-refractivity contribution in [2.75, 3.05) is 7.11 Å². The molecule has 8 heteroatoms. The van der Waals surface area contributed by atoms with Gasteiger partial charge in [0.2, 0.25) is 0 Å². The molecule has 7 nitrogen and oxygen atoms in total. The van der Waals surface area contributed by atoms with Gasteiger partial charge in [-0.15, -0.1) is 0 Å². The van der Waals surface area contributed by atoms with Crippen LogP contribution < -0.4 is 19.9 Å². The summed E-state index contributed by atoms with van der Waals surface area (Å²) in [7, 11) is -2.26. The van der Waals surface area contributed by atoms with E-state index < -0.39 is 18.9 Å². The van der Waals surface area contributed by atoms with Crippen LogP contribution in [-0.2, 0) is 11.2 Å². The molecule has 0 fully saturated rings. The summed E-state index contributed by atoms with van der Waals surface area (Å²) >= 11 is 0. The summed E-state index contributed by atoms with van der Waals surface area (Å²) < 4.78 is 25.2. The molecule has 0 aliphatic rings. The number of aliphatic hydroxyl groups is 1. The zero-order chi connectivity index (χ0) is 20.1. The zero-order valence-corrected chi connectivity index (χ0v) is 15.9. The van der Waals surface area contributed by atoms with Crippen LogP contribution in [0.1, 0.15) is 5.56 Å². The Morgan fingerprint density at radius 2 is 1.50 bits per heavy atom. The van der Waals surface area contributed by atoms with Gasteiger partial charge in [0.25, 0.3) is 5.69 Å². The van der Waals surface area contributed by atoms with Crippen molar-refractivity contribution < 1.29 is 23.9 Å². The molecule has 3 aromatic rings. The number of aliphatic hydroxyl groups excluding tert-OH is 1. The van der Waals surface area contributed by atoms with E-state index >= 15 is 0 Å². The van der Waals surface area contributed by atoms with Crippen LogP contribution in [0, 0.1) is 10.1 Å². The first-order valence-corrected chi connectivity index (χ1v) is 9.99. The minimum absolute atomic E-state index is 0.0394. The van der Waals surface area contributed by atoms with E-state index in [0.29, 0.717) is 10.6 Å². The van der Waals surface area contributed by atoms with Gasteiger partial charge < -0.3 is 14.4 Å². The highest BCUT2D eigenvalue weighted by atomic mass is 31.2. The molecule has 0 bridgehead atoms. The molecule has 3 rings (SSSR count). The number of hydrogen-bond donors (Lipinski definition) is 1. The SMILES string of the molecule is COc1cc(CO)c([N+](=O)[O-])cc1OP(=O)(c1ccccc1)c1ccccc1. The van der Waals surface area contributed by atoms with Gasteiger partial charge >= 0.3 is 7.37 Å². The summed E-state index contributed by atoms with van der Waals surface area (Å²) in [6.07, 6.45) is 0. The maximum atomic E-state index is 14.0. The lowest BCUT2D eigenvalue weighted by atomic mass is 10.1. The Morgan fingerprint density at radius 1 is 0.964 bits per heavy atom. The van der Waals surface area contributed by atoms with E-state index in [1.54, 1.807) is 60.7 Å². The van der Waals surface area contributed by atoms with Crippen molar-refractivity contribution in [1.82, 2.24) is 0 Å². The van der Waals surface area contributed by atoms with Crippen molar-refractivity contribution in [3.63, 3.8) is 0 Å². The third kappa shape index (κ3) is 3.76. The topological polar surface area (TPSA) is 98.9 Å². The fraction of sp³-hybridized carbons (Fsp3) is 0.100. The number of nitro benzene ring substituents is 1. The molecule has 1 N–H and O–H groups in total. The Hall–Kier alpha value is -3.15. The van der Waals surface area contributed by atoms with Gasteiger partial charge in [-0.2, -0.15) is 0 Å². The van der Waals surface area contributed by atoms with Gasteiger partial charge in [0.05, 0.1) is 40.9 Å². The number of nitrogens with zero attached hydrogens (tertiary/aromatic N) is 1. The highest BCUT2D eigenvalue weighted by Crippen LogP contribution is 2.49. The van der Waals surface area contributed by atoms with Crippen molar-refractivity contribution in [1.29, 1.82) is 0 Å². The van der Waals surface area contributed by atoms with Gasteiger partial charge in [-0.05, 0) is 30.3 Å². The Bertz CT molecular complexity index is 980. The molecular weight excluding hydrogens is 381 g/mol. The Kier molecular flexibility index (Phi) is 5.78. The van der Waals surface area contributed by atoms with Crippen LogP contribution >= 0.6 is 7.37 Å². The third-order valence-corrected chi connectivity index (χ3v) is 6.56. The largest absolute Gasteiger partial charge is 0.493 e. The lowest BCUT2D eigenvalue weighted by Gasteiger charge is -2.22. The number of methoxy groups -OCH3 is 1. The predicted octanol–water partition coefficient (Wildman–Crippen LogP) is 3.40. The van der Waals surface area contributed by atoms with Crippen molar-refractivity contribution >= 4 is 23.7 Å². The lowest BCUT2D eigenvalue weighted by molar-refractivity contribution is -0.385. The van der Waals surface area contributed by atoms with E-state index in [1.807, 2.05) is 0 Å². The molecular formula is C20H18NO6P. The van der Waals surface area contributed by atoms with Gasteiger partial charge in [-0.25, -0.2) is 0 Å². The smallest absolute Gasteiger partial charge is 0.306 e. The van der Waals surface area contributed by atoms with Crippen LogP contribution in [0.15, 0.2) is 72.8 Å². The molecule has 0 atom stereocenters. The number of nitro groups is 1. The molecule has 144 valence electrons. The predicted molar refractivity (Wildman–Crippen MR) is 106 cm³/mol. The lowest BCUT2D eigenvalue weighted by Crippen LogP contribution is -2.20. The minimum atomic E-state index is -3.62. The molecule has 0 aromatic heterocycles. The van der Waals surface area contributed by atoms with E-state index in [-0.39, 0.29) is 22.7 Å². The highest BCUT2D eigenvalue weighted by Gasteiger charge is 2.32. The summed E-state index contributed by atoms with van der Waals surface area (Å²) in [6.45, 7) is -0.540. The van der Waals surface area contributed by atoms with Gasteiger partial charge in [-0.1, -0.05) is 36.4 Å². The Labute approximate surface area is 161 Å². The highest BCUT2D eigenvalue weighted by molar-refractivity contribution is 7.74. The van der Waals surface area contributed by atoms with Crippen molar-refractivity contribution in [2.45, 2.75) is 6.61 Å². The quantitative estimate of drug-likeness (QED) is 0.371. The average molecular weight is 399 g/mol. The summed E-state index contributed by atoms with van der Waals surface area (Å²) in [5, 5.41) is 21.7. The van der Waals surface area contributed by atoms with Crippen LogP contribution in [0.5, 0.6) is 11.5 Å². The summed E-state index contributed by atoms with van der Waals surface area (Å²) in [5.41, 5.74) is -0.269. The first-order valence-electron chi connectivity index (χ1n) is 8.36. The van der Waals surface area contributed by atoms with E-state index in [1.165, 1.54) is 13.2 Å². The molecule has 0 radical (unpaired) electrons. The standard InChI is InChI=1S/C20H18NO6P/c1-26-19-12-15(14-22)18(21(23)24)13-20(19)27-28(25,16-8-4-2-5-9-16)17-10-6-3-7-11-17/h2-13,22H,14H2,1H3. The molecule has 3 aromatic carbocycles. The van der Waals surface area contributed by atoms with Crippen LogP contribution in [-0.4, -0.2) is 17.1 Å². The Morgan fingerprint density at radius 3 is 1.93 bits per heavy atom. The summed E-state index contributed by atoms with van der Waals surface area (Å²) in [5.74, 6) is 0.101. The third-order valence-electron chi connectivity index (χ3n) is 4.15. The normalized spacial score (nSPS) is 11.1. The molecule has 0 saturated heterocycles. The fourth-order valence-corrected chi connectivity index (χ4v) is 4.82. The van der Waals surface area contributed by atoms with Gasteiger partial charge in [0, 0.05) is 0 Å². The number of hydrogen-bond acceptors (Lipinski definition) is 6.